The molecule has 0 aromatic rings. The van der Waals surface area contributed by atoms with Crippen molar-refractivity contribution in [3.63, 3.8) is 0 Å². The van der Waals surface area contributed by atoms with E-state index in [-0.39, 0.29) is 11.9 Å². The van der Waals surface area contributed by atoms with Crippen molar-refractivity contribution in [1.29, 1.82) is 0 Å². The van der Waals surface area contributed by atoms with Crippen LogP contribution >= 0.6 is 0 Å². The van der Waals surface area contributed by atoms with Crippen molar-refractivity contribution in [2.24, 2.45) is 5.92 Å². The van der Waals surface area contributed by atoms with Gasteiger partial charge < -0.3 is 4.74 Å². The Morgan fingerprint density at radius 3 is 2.55 bits per heavy atom. The summed E-state index contributed by atoms with van der Waals surface area (Å²) < 4.78 is 4.58. The SMILES string of the molecule is C=C(CC)C[C@H](C)C(=O)OC. The molecule has 1 atom stereocenters. The van der Waals surface area contributed by atoms with Crippen LogP contribution in [0.15, 0.2) is 12.2 Å². The predicted octanol–water partition coefficient (Wildman–Crippen LogP) is 2.15. The van der Waals surface area contributed by atoms with Gasteiger partial charge in [-0.05, 0) is 12.8 Å². The average Bonchev–Trinajstić information content (AvgIpc) is 2.02. The molecule has 0 fully saturated rings. The maximum Gasteiger partial charge on any atom is 0.308 e. The number of carbonyl (C=O) groups is 1. The number of ether oxygens (including phenoxy) is 1. The van der Waals surface area contributed by atoms with E-state index in [4.69, 9.17) is 0 Å². The maximum absolute atomic E-state index is 10.9. The van der Waals surface area contributed by atoms with Crippen LogP contribution in [0.4, 0.5) is 0 Å². The van der Waals surface area contributed by atoms with E-state index < -0.39 is 0 Å². The minimum absolute atomic E-state index is 0.0487. The minimum Gasteiger partial charge on any atom is -0.469 e. The first kappa shape index (κ1) is 10.2. The van der Waals surface area contributed by atoms with Gasteiger partial charge in [-0.3, -0.25) is 4.79 Å². The van der Waals surface area contributed by atoms with Crippen LogP contribution in [0, 0.1) is 5.92 Å². The molecule has 0 aliphatic carbocycles. The lowest BCUT2D eigenvalue weighted by atomic mass is 10.0. The first-order chi connectivity index (χ1) is 5.11. The van der Waals surface area contributed by atoms with Gasteiger partial charge in [-0.2, -0.15) is 0 Å². The van der Waals surface area contributed by atoms with E-state index in [0.717, 1.165) is 18.4 Å². The smallest absolute Gasteiger partial charge is 0.308 e. The summed E-state index contributed by atoms with van der Waals surface area (Å²) in [6, 6.07) is 0. The van der Waals surface area contributed by atoms with Gasteiger partial charge in [-0.25, -0.2) is 0 Å². The number of hydrogen-bond acceptors (Lipinski definition) is 2. The Balaban J connectivity index is 3.77. The van der Waals surface area contributed by atoms with E-state index in [1.165, 1.54) is 7.11 Å². The Morgan fingerprint density at radius 1 is 1.64 bits per heavy atom. The minimum atomic E-state index is -0.153. The topological polar surface area (TPSA) is 26.3 Å². The molecule has 0 N–H and O–H groups in total. The predicted molar refractivity (Wildman–Crippen MR) is 45.2 cm³/mol. The molecule has 0 aliphatic rings. The first-order valence-electron chi connectivity index (χ1n) is 3.86. The van der Waals surface area contributed by atoms with Gasteiger partial charge in [0.1, 0.15) is 0 Å². The van der Waals surface area contributed by atoms with Crippen LogP contribution in [0.5, 0.6) is 0 Å². The number of rotatable bonds is 4. The lowest BCUT2D eigenvalue weighted by Crippen LogP contribution is -2.12. The van der Waals surface area contributed by atoms with Gasteiger partial charge in [-0.1, -0.05) is 26.0 Å². The van der Waals surface area contributed by atoms with Crippen LogP contribution in [0.3, 0.4) is 0 Å². The zero-order chi connectivity index (χ0) is 8.85. The molecular weight excluding hydrogens is 140 g/mol. The molecule has 64 valence electrons. The standard InChI is InChI=1S/C9H16O2/c1-5-7(2)6-8(3)9(10)11-4/h8H,2,5-6H2,1,3-4H3/t8-/m0/s1. The van der Waals surface area contributed by atoms with Crippen molar-refractivity contribution < 1.29 is 9.53 Å². The third-order valence-electron chi connectivity index (χ3n) is 1.70. The molecule has 0 radical (unpaired) electrons. The van der Waals surface area contributed by atoms with Crippen LogP contribution in [0.25, 0.3) is 0 Å². The third kappa shape index (κ3) is 3.81. The zero-order valence-electron chi connectivity index (χ0n) is 7.52. The first-order valence-corrected chi connectivity index (χ1v) is 3.86. The molecule has 0 heterocycles. The van der Waals surface area contributed by atoms with Crippen molar-refractivity contribution in [1.82, 2.24) is 0 Å². The normalized spacial score (nSPS) is 12.3. The van der Waals surface area contributed by atoms with E-state index in [2.05, 4.69) is 11.3 Å². The summed E-state index contributed by atoms with van der Waals surface area (Å²) in [7, 11) is 1.41. The molecule has 0 spiro atoms. The highest BCUT2D eigenvalue weighted by Gasteiger charge is 2.12. The second kappa shape index (κ2) is 4.94. The molecule has 0 aromatic carbocycles. The van der Waals surface area contributed by atoms with Gasteiger partial charge in [0.25, 0.3) is 0 Å². The summed E-state index contributed by atoms with van der Waals surface area (Å²) in [4.78, 5) is 10.9. The van der Waals surface area contributed by atoms with Crippen molar-refractivity contribution in [3.8, 4) is 0 Å². The lowest BCUT2D eigenvalue weighted by Gasteiger charge is -2.08. The fraction of sp³-hybridized carbons (Fsp3) is 0.667. The molecule has 2 heteroatoms. The number of hydrogen-bond donors (Lipinski definition) is 0. The number of esters is 1. The van der Waals surface area contributed by atoms with E-state index in [1.54, 1.807) is 0 Å². The highest BCUT2D eigenvalue weighted by molar-refractivity contribution is 5.72. The number of carbonyl (C=O) groups excluding carboxylic acids is 1. The van der Waals surface area contributed by atoms with Crippen molar-refractivity contribution in [3.05, 3.63) is 12.2 Å². The molecular formula is C9H16O2. The Bertz CT molecular complexity index is 150. The Hall–Kier alpha value is -0.790. The maximum atomic E-state index is 10.9. The molecule has 0 saturated heterocycles. The summed E-state index contributed by atoms with van der Waals surface area (Å²) in [5.41, 5.74) is 1.10. The Kier molecular flexibility index (Phi) is 4.59. The van der Waals surface area contributed by atoms with Crippen LogP contribution < -0.4 is 0 Å². The van der Waals surface area contributed by atoms with Gasteiger partial charge in [0.05, 0.1) is 13.0 Å². The van der Waals surface area contributed by atoms with Crippen molar-refractivity contribution in [2.45, 2.75) is 26.7 Å². The molecule has 0 rings (SSSR count). The molecule has 0 aliphatic heterocycles. The van der Waals surface area contributed by atoms with Crippen LogP contribution in [-0.4, -0.2) is 13.1 Å². The van der Waals surface area contributed by atoms with Crippen molar-refractivity contribution >= 4 is 5.97 Å². The number of methoxy groups -OCH3 is 1. The van der Waals surface area contributed by atoms with Gasteiger partial charge in [0.15, 0.2) is 0 Å². The lowest BCUT2D eigenvalue weighted by molar-refractivity contribution is -0.144. The van der Waals surface area contributed by atoms with E-state index in [9.17, 15) is 4.79 Å². The molecule has 0 amide bonds. The molecule has 0 saturated carbocycles. The molecule has 0 unspecified atom stereocenters. The van der Waals surface area contributed by atoms with Gasteiger partial charge in [0.2, 0.25) is 0 Å². The summed E-state index contributed by atoms with van der Waals surface area (Å²) in [6.07, 6.45) is 1.67. The van der Waals surface area contributed by atoms with Gasteiger partial charge in [-0.15, -0.1) is 0 Å². The molecule has 11 heavy (non-hydrogen) atoms. The Morgan fingerprint density at radius 2 is 2.18 bits per heavy atom. The van der Waals surface area contributed by atoms with Crippen LogP contribution in [0.2, 0.25) is 0 Å². The highest BCUT2D eigenvalue weighted by Crippen LogP contribution is 2.13. The third-order valence-corrected chi connectivity index (χ3v) is 1.70. The molecule has 0 aromatic heterocycles. The van der Waals surface area contributed by atoms with Crippen molar-refractivity contribution in [2.75, 3.05) is 7.11 Å². The second-order valence-corrected chi connectivity index (χ2v) is 2.73. The van der Waals surface area contributed by atoms with Gasteiger partial charge >= 0.3 is 5.97 Å². The largest absolute Gasteiger partial charge is 0.469 e. The fourth-order valence-electron chi connectivity index (χ4n) is 0.862. The monoisotopic (exact) mass is 156 g/mol. The zero-order valence-corrected chi connectivity index (χ0v) is 7.52. The summed E-state index contributed by atoms with van der Waals surface area (Å²) in [5.74, 6) is -0.202. The summed E-state index contributed by atoms with van der Waals surface area (Å²) in [6.45, 7) is 7.71. The average molecular weight is 156 g/mol. The summed E-state index contributed by atoms with van der Waals surface area (Å²) in [5, 5.41) is 0. The van der Waals surface area contributed by atoms with E-state index in [0.29, 0.717) is 0 Å². The quantitative estimate of drug-likeness (QED) is 0.460. The number of allylic oxidation sites excluding steroid dienone is 1. The van der Waals surface area contributed by atoms with E-state index >= 15 is 0 Å². The Labute approximate surface area is 68.2 Å². The van der Waals surface area contributed by atoms with E-state index in [1.807, 2.05) is 13.8 Å². The second-order valence-electron chi connectivity index (χ2n) is 2.73. The molecule has 2 nitrogen and oxygen atoms in total. The highest BCUT2D eigenvalue weighted by atomic mass is 16.5. The van der Waals surface area contributed by atoms with Crippen LogP contribution in [0.1, 0.15) is 26.7 Å². The van der Waals surface area contributed by atoms with Gasteiger partial charge in [0, 0.05) is 0 Å². The fourth-order valence-corrected chi connectivity index (χ4v) is 0.862. The molecule has 0 bridgehead atoms. The summed E-state index contributed by atoms with van der Waals surface area (Å²) >= 11 is 0. The van der Waals surface area contributed by atoms with Crippen LogP contribution in [-0.2, 0) is 9.53 Å².